The van der Waals surface area contributed by atoms with Crippen LogP contribution in [0.1, 0.15) is 16.7 Å². The van der Waals surface area contributed by atoms with Gasteiger partial charge in [-0.25, -0.2) is 0 Å². The topological polar surface area (TPSA) is 67.2 Å². The zero-order valence-electron chi connectivity index (χ0n) is 15.3. The van der Waals surface area contributed by atoms with Gasteiger partial charge in [-0.1, -0.05) is 48.5 Å². The summed E-state index contributed by atoms with van der Waals surface area (Å²) in [6.45, 7) is 2.83. The number of anilines is 3. The van der Waals surface area contributed by atoms with Crippen LogP contribution in [0.3, 0.4) is 0 Å². The Labute approximate surface area is 159 Å². The molecule has 27 heavy (non-hydrogen) atoms. The van der Waals surface area contributed by atoms with Gasteiger partial charge in [-0.3, -0.25) is 4.79 Å². The Balaban J connectivity index is 1.54. The van der Waals surface area contributed by atoms with Crippen LogP contribution >= 0.6 is 0 Å². The smallest absolute Gasteiger partial charge is 0.248 e. The van der Waals surface area contributed by atoms with E-state index in [0.29, 0.717) is 11.4 Å². The van der Waals surface area contributed by atoms with Gasteiger partial charge in [0.2, 0.25) is 5.91 Å². The maximum atomic E-state index is 12.0. The van der Waals surface area contributed by atoms with E-state index in [1.54, 1.807) is 18.2 Å². The minimum atomic E-state index is -0.210. The van der Waals surface area contributed by atoms with Crippen LogP contribution in [0.15, 0.2) is 78.9 Å². The maximum Gasteiger partial charge on any atom is 0.248 e. The summed E-state index contributed by atoms with van der Waals surface area (Å²) >= 11 is 0. The van der Waals surface area contributed by atoms with Crippen molar-refractivity contribution < 1.29 is 4.79 Å². The lowest BCUT2D eigenvalue weighted by molar-refractivity contribution is -0.111. The van der Waals surface area contributed by atoms with Gasteiger partial charge in [0.05, 0.1) is 11.4 Å². The number of amides is 1. The lowest BCUT2D eigenvalue weighted by Crippen LogP contribution is -2.09. The van der Waals surface area contributed by atoms with Crippen LogP contribution in [-0.2, 0) is 11.3 Å². The van der Waals surface area contributed by atoms with E-state index >= 15 is 0 Å². The molecule has 3 rings (SSSR count). The molecule has 0 atom stereocenters. The van der Waals surface area contributed by atoms with Crippen LogP contribution in [0.4, 0.5) is 17.1 Å². The van der Waals surface area contributed by atoms with E-state index in [1.165, 1.54) is 17.2 Å². The molecular formula is C23H23N3O. The highest BCUT2D eigenvalue weighted by Crippen LogP contribution is 2.17. The monoisotopic (exact) mass is 357 g/mol. The predicted molar refractivity (Wildman–Crippen MR) is 113 cm³/mol. The molecule has 0 spiro atoms. The first-order valence-corrected chi connectivity index (χ1v) is 8.83. The summed E-state index contributed by atoms with van der Waals surface area (Å²) in [5, 5.41) is 6.18. The minimum Gasteiger partial charge on any atom is -0.397 e. The van der Waals surface area contributed by atoms with E-state index in [2.05, 4.69) is 47.9 Å². The first-order chi connectivity index (χ1) is 13.1. The third-order valence-corrected chi connectivity index (χ3v) is 4.14. The van der Waals surface area contributed by atoms with Crippen molar-refractivity contribution in [3.8, 4) is 0 Å². The number of carbonyl (C=O) groups excluding carboxylic acids is 1. The van der Waals surface area contributed by atoms with Gasteiger partial charge in [-0.15, -0.1) is 0 Å². The Kier molecular flexibility index (Phi) is 5.90. The molecule has 4 nitrogen and oxygen atoms in total. The van der Waals surface area contributed by atoms with Gasteiger partial charge in [-0.05, 0) is 54.0 Å². The molecular weight excluding hydrogens is 334 g/mol. The first-order valence-electron chi connectivity index (χ1n) is 8.83. The van der Waals surface area contributed by atoms with E-state index in [-0.39, 0.29) is 5.91 Å². The van der Waals surface area contributed by atoms with Crippen LogP contribution in [0.25, 0.3) is 6.08 Å². The summed E-state index contributed by atoms with van der Waals surface area (Å²) < 4.78 is 0. The second-order valence-corrected chi connectivity index (χ2v) is 6.37. The molecule has 0 aliphatic rings. The van der Waals surface area contributed by atoms with Crippen molar-refractivity contribution in [2.75, 3.05) is 16.4 Å². The molecule has 4 N–H and O–H groups in total. The van der Waals surface area contributed by atoms with E-state index in [0.717, 1.165) is 17.8 Å². The zero-order chi connectivity index (χ0) is 19.1. The van der Waals surface area contributed by atoms with E-state index in [1.807, 2.05) is 30.3 Å². The van der Waals surface area contributed by atoms with Gasteiger partial charge in [0.25, 0.3) is 0 Å². The molecule has 0 saturated carbocycles. The summed E-state index contributed by atoms with van der Waals surface area (Å²) in [7, 11) is 0. The number of nitrogen functional groups attached to an aromatic ring is 1. The number of nitrogens with one attached hydrogen (secondary N) is 2. The molecule has 3 aromatic carbocycles. The molecule has 0 radical (unpaired) electrons. The standard InChI is InChI=1S/C23H23N3O/c1-17-5-4-6-20(15-17)25-16-19-11-9-18(10-12-19)13-14-23(27)26-22-8-3-2-7-21(22)24/h2-15,25H,16,24H2,1H3,(H,26,27)/b14-13+. The van der Waals surface area contributed by atoms with Crippen LogP contribution in [0, 0.1) is 6.92 Å². The van der Waals surface area contributed by atoms with E-state index in [4.69, 9.17) is 5.73 Å². The Morgan fingerprint density at radius 2 is 1.78 bits per heavy atom. The highest BCUT2D eigenvalue weighted by molar-refractivity contribution is 6.03. The van der Waals surface area contributed by atoms with Crippen molar-refractivity contribution in [2.45, 2.75) is 13.5 Å². The normalized spacial score (nSPS) is 10.7. The average molecular weight is 357 g/mol. The number of hydrogen-bond acceptors (Lipinski definition) is 3. The molecule has 3 aromatic rings. The fourth-order valence-corrected chi connectivity index (χ4v) is 2.66. The lowest BCUT2D eigenvalue weighted by atomic mass is 10.1. The summed E-state index contributed by atoms with van der Waals surface area (Å²) in [5.74, 6) is -0.210. The van der Waals surface area contributed by atoms with Crippen molar-refractivity contribution in [2.24, 2.45) is 0 Å². The first kappa shape index (κ1) is 18.3. The molecule has 0 fully saturated rings. The van der Waals surface area contributed by atoms with Gasteiger partial charge in [0, 0.05) is 18.3 Å². The van der Waals surface area contributed by atoms with E-state index in [9.17, 15) is 4.79 Å². The van der Waals surface area contributed by atoms with Crippen LogP contribution in [0.5, 0.6) is 0 Å². The zero-order valence-corrected chi connectivity index (χ0v) is 15.3. The third-order valence-electron chi connectivity index (χ3n) is 4.14. The van der Waals surface area contributed by atoms with Crippen molar-refractivity contribution in [1.82, 2.24) is 0 Å². The summed E-state index contributed by atoms with van der Waals surface area (Å²) in [4.78, 5) is 12.0. The molecule has 0 aliphatic carbocycles. The highest BCUT2D eigenvalue weighted by atomic mass is 16.1. The molecule has 0 heterocycles. The largest absolute Gasteiger partial charge is 0.397 e. The summed E-state index contributed by atoms with van der Waals surface area (Å²) in [5.41, 5.74) is 11.5. The van der Waals surface area contributed by atoms with Gasteiger partial charge in [0.15, 0.2) is 0 Å². The minimum absolute atomic E-state index is 0.210. The Hall–Kier alpha value is -3.53. The number of rotatable bonds is 6. The molecule has 0 aliphatic heterocycles. The van der Waals surface area contributed by atoms with Crippen LogP contribution < -0.4 is 16.4 Å². The molecule has 0 bridgehead atoms. The predicted octanol–water partition coefficient (Wildman–Crippen LogP) is 4.84. The number of carbonyl (C=O) groups is 1. The Morgan fingerprint density at radius 3 is 2.52 bits per heavy atom. The fraction of sp³-hybridized carbons (Fsp3) is 0.0870. The number of nitrogens with two attached hydrogens (primary N) is 1. The molecule has 0 unspecified atom stereocenters. The van der Waals surface area contributed by atoms with Crippen molar-refractivity contribution in [3.05, 3.63) is 95.6 Å². The van der Waals surface area contributed by atoms with Crippen LogP contribution in [0.2, 0.25) is 0 Å². The van der Waals surface area contributed by atoms with E-state index < -0.39 is 0 Å². The number of para-hydroxylation sites is 2. The van der Waals surface area contributed by atoms with Gasteiger partial charge in [-0.2, -0.15) is 0 Å². The van der Waals surface area contributed by atoms with Gasteiger partial charge < -0.3 is 16.4 Å². The Bertz CT molecular complexity index is 946. The molecule has 4 heteroatoms. The second kappa shape index (κ2) is 8.72. The fourth-order valence-electron chi connectivity index (χ4n) is 2.66. The summed E-state index contributed by atoms with van der Waals surface area (Å²) in [6.07, 6.45) is 3.29. The third kappa shape index (κ3) is 5.47. The SMILES string of the molecule is Cc1cccc(NCc2ccc(/C=C/C(=O)Nc3ccccc3N)cc2)c1. The quantitative estimate of drug-likeness (QED) is 0.437. The molecule has 136 valence electrons. The van der Waals surface area contributed by atoms with Crippen molar-refractivity contribution in [3.63, 3.8) is 0 Å². The van der Waals surface area contributed by atoms with Gasteiger partial charge in [0.1, 0.15) is 0 Å². The summed E-state index contributed by atoms with van der Waals surface area (Å²) in [6, 6.07) is 23.6. The molecule has 0 saturated heterocycles. The van der Waals surface area contributed by atoms with Crippen molar-refractivity contribution >= 4 is 29.0 Å². The van der Waals surface area contributed by atoms with Crippen molar-refractivity contribution in [1.29, 1.82) is 0 Å². The highest BCUT2D eigenvalue weighted by Gasteiger charge is 2.01. The average Bonchev–Trinajstić information content (AvgIpc) is 2.67. The number of benzene rings is 3. The van der Waals surface area contributed by atoms with Gasteiger partial charge >= 0.3 is 0 Å². The van der Waals surface area contributed by atoms with Crippen LogP contribution in [-0.4, -0.2) is 5.91 Å². The number of aryl methyl sites for hydroxylation is 1. The Morgan fingerprint density at radius 1 is 1.00 bits per heavy atom. The lowest BCUT2D eigenvalue weighted by Gasteiger charge is -2.07. The second-order valence-electron chi connectivity index (χ2n) is 6.37. The number of hydrogen-bond donors (Lipinski definition) is 3. The molecule has 1 amide bonds. The maximum absolute atomic E-state index is 12.0. The molecule has 0 aromatic heterocycles.